The van der Waals surface area contributed by atoms with Gasteiger partial charge >= 0.3 is 0 Å². The van der Waals surface area contributed by atoms with Gasteiger partial charge < -0.3 is 4.42 Å². The van der Waals surface area contributed by atoms with Crippen molar-refractivity contribution < 1.29 is 17.6 Å². The molecule has 0 bridgehead atoms. The smallest absolute Gasteiger partial charge is 0.205 e. The molecule has 2 aromatic carbocycles. The third kappa shape index (κ3) is 3.61. The molecule has 0 saturated heterocycles. The van der Waals surface area contributed by atoms with Crippen molar-refractivity contribution in [3.8, 4) is 17.3 Å². The Labute approximate surface area is 156 Å². The van der Waals surface area contributed by atoms with Crippen molar-refractivity contribution in [3.05, 3.63) is 83.9 Å². The van der Waals surface area contributed by atoms with E-state index in [9.17, 15) is 13.2 Å². The van der Waals surface area contributed by atoms with Crippen molar-refractivity contribution in [2.75, 3.05) is 0 Å². The quantitative estimate of drug-likeness (QED) is 0.440. The predicted molar refractivity (Wildman–Crippen MR) is 94.9 cm³/mol. The molecule has 2 heterocycles. The number of nitrogens with zero attached hydrogens (tertiary/aromatic N) is 3. The molecule has 2 aromatic heterocycles. The summed E-state index contributed by atoms with van der Waals surface area (Å²) in [5.74, 6) is -0.320. The summed E-state index contributed by atoms with van der Waals surface area (Å²) >= 11 is 1.19. The van der Waals surface area contributed by atoms with Gasteiger partial charge in [-0.1, -0.05) is 11.8 Å². The topological polar surface area (TPSA) is 43.9 Å². The van der Waals surface area contributed by atoms with Crippen molar-refractivity contribution >= 4 is 11.8 Å². The standard InChI is InChI=1S/C19H12F3N3OS/c20-13-3-6-15(7-4-13)25-18(17-2-1-9-26-17)23-24-19(25)27-11-12-10-14(21)5-8-16(12)22/h1-10H,11H2. The minimum absolute atomic E-state index is 0.154. The summed E-state index contributed by atoms with van der Waals surface area (Å²) in [7, 11) is 0. The summed E-state index contributed by atoms with van der Waals surface area (Å²) in [6.45, 7) is 0. The average molecular weight is 387 g/mol. The number of aromatic nitrogens is 3. The maximum absolute atomic E-state index is 13.9. The van der Waals surface area contributed by atoms with Gasteiger partial charge in [-0.3, -0.25) is 4.57 Å². The minimum atomic E-state index is -0.511. The summed E-state index contributed by atoms with van der Waals surface area (Å²) < 4.78 is 47.7. The molecule has 0 amide bonds. The van der Waals surface area contributed by atoms with E-state index in [0.717, 1.165) is 18.2 Å². The van der Waals surface area contributed by atoms with Crippen LogP contribution in [0.25, 0.3) is 17.3 Å². The molecule has 4 nitrogen and oxygen atoms in total. The van der Waals surface area contributed by atoms with Crippen molar-refractivity contribution in [2.45, 2.75) is 10.9 Å². The molecule has 0 saturated carbocycles. The molecular weight excluding hydrogens is 375 g/mol. The second kappa shape index (κ2) is 7.32. The zero-order chi connectivity index (χ0) is 18.8. The second-order valence-corrected chi connectivity index (χ2v) is 6.56. The normalized spacial score (nSPS) is 11.1. The van der Waals surface area contributed by atoms with Gasteiger partial charge in [-0.05, 0) is 54.6 Å². The first-order valence-corrected chi connectivity index (χ1v) is 8.92. The molecule has 0 atom stereocenters. The molecule has 4 aromatic rings. The first-order valence-electron chi connectivity index (χ1n) is 7.94. The van der Waals surface area contributed by atoms with Gasteiger partial charge in [-0.2, -0.15) is 0 Å². The van der Waals surface area contributed by atoms with Crippen LogP contribution in [0.15, 0.2) is 70.4 Å². The predicted octanol–water partition coefficient (Wildman–Crippen LogP) is 5.24. The average Bonchev–Trinajstić information content (AvgIpc) is 3.32. The lowest BCUT2D eigenvalue weighted by molar-refractivity contribution is 0.575. The monoisotopic (exact) mass is 387 g/mol. The van der Waals surface area contributed by atoms with Gasteiger partial charge in [-0.25, -0.2) is 13.2 Å². The summed E-state index contributed by atoms with van der Waals surface area (Å²) in [4.78, 5) is 0. The molecule has 0 N–H and O–H groups in total. The highest BCUT2D eigenvalue weighted by atomic mass is 32.2. The third-order valence-corrected chi connectivity index (χ3v) is 4.80. The van der Waals surface area contributed by atoms with E-state index in [1.807, 2.05) is 0 Å². The maximum Gasteiger partial charge on any atom is 0.205 e. The van der Waals surface area contributed by atoms with Gasteiger partial charge in [0.15, 0.2) is 10.9 Å². The SMILES string of the molecule is Fc1ccc(-n2c(SCc3cc(F)ccc3F)nnc2-c2ccco2)cc1. The van der Waals surface area contributed by atoms with E-state index in [1.165, 1.54) is 30.2 Å². The number of benzene rings is 2. The van der Waals surface area contributed by atoms with Crippen LogP contribution < -0.4 is 0 Å². The summed E-state index contributed by atoms with van der Waals surface area (Å²) in [5, 5.41) is 8.73. The Hall–Kier alpha value is -3.00. The zero-order valence-electron chi connectivity index (χ0n) is 13.8. The highest BCUT2D eigenvalue weighted by Crippen LogP contribution is 2.30. The second-order valence-electron chi connectivity index (χ2n) is 5.62. The molecule has 0 aliphatic heterocycles. The minimum Gasteiger partial charge on any atom is -0.461 e. The van der Waals surface area contributed by atoms with Crippen molar-refractivity contribution in [1.82, 2.24) is 14.8 Å². The lowest BCUT2D eigenvalue weighted by atomic mass is 10.2. The zero-order valence-corrected chi connectivity index (χ0v) is 14.6. The van der Waals surface area contributed by atoms with Gasteiger partial charge in [0.1, 0.15) is 17.5 Å². The molecule has 136 valence electrons. The number of rotatable bonds is 5. The third-order valence-electron chi connectivity index (χ3n) is 3.82. The van der Waals surface area contributed by atoms with Gasteiger partial charge in [0.05, 0.1) is 12.0 Å². The summed E-state index contributed by atoms with van der Waals surface area (Å²) in [6, 6.07) is 12.6. The fourth-order valence-corrected chi connectivity index (χ4v) is 3.47. The lowest BCUT2D eigenvalue weighted by Gasteiger charge is -2.09. The van der Waals surface area contributed by atoms with Gasteiger partial charge in [-0.15, -0.1) is 10.2 Å². The first-order chi connectivity index (χ1) is 13.1. The van der Waals surface area contributed by atoms with Gasteiger partial charge in [0, 0.05) is 11.3 Å². The van der Waals surface area contributed by atoms with E-state index in [0.29, 0.717) is 22.4 Å². The molecule has 0 fully saturated rings. The largest absolute Gasteiger partial charge is 0.461 e. The highest BCUT2D eigenvalue weighted by molar-refractivity contribution is 7.98. The number of furan rings is 1. The molecular formula is C19H12F3N3OS. The van der Waals surface area contributed by atoms with E-state index in [1.54, 1.807) is 28.8 Å². The molecule has 4 rings (SSSR count). The number of thioether (sulfide) groups is 1. The molecule has 0 aliphatic rings. The number of halogens is 3. The molecule has 0 unspecified atom stereocenters. The fourth-order valence-electron chi connectivity index (χ4n) is 2.55. The van der Waals surface area contributed by atoms with Crippen molar-refractivity contribution in [1.29, 1.82) is 0 Å². The van der Waals surface area contributed by atoms with Crippen LogP contribution in [0, 0.1) is 17.5 Å². The van der Waals surface area contributed by atoms with Crippen molar-refractivity contribution in [3.63, 3.8) is 0 Å². The van der Waals surface area contributed by atoms with Crippen LogP contribution in [-0.4, -0.2) is 14.8 Å². The van der Waals surface area contributed by atoms with Crippen LogP contribution in [0.4, 0.5) is 13.2 Å². The van der Waals surface area contributed by atoms with Crippen LogP contribution >= 0.6 is 11.8 Å². The van der Waals surface area contributed by atoms with E-state index in [-0.39, 0.29) is 17.1 Å². The van der Waals surface area contributed by atoms with Gasteiger partial charge in [0.25, 0.3) is 0 Å². The van der Waals surface area contributed by atoms with E-state index >= 15 is 0 Å². The van der Waals surface area contributed by atoms with Crippen LogP contribution in [-0.2, 0) is 5.75 Å². The fraction of sp³-hybridized carbons (Fsp3) is 0.0526. The van der Waals surface area contributed by atoms with Crippen molar-refractivity contribution in [2.24, 2.45) is 0 Å². The Balaban J connectivity index is 1.72. The Morgan fingerprint density at radius 3 is 2.44 bits per heavy atom. The Bertz CT molecular complexity index is 1060. The lowest BCUT2D eigenvalue weighted by Crippen LogP contribution is -2.00. The van der Waals surface area contributed by atoms with Crippen LogP contribution in [0.5, 0.6) is 0 Å². The maximum atomic E-state index is 13.9. The molecule has 0 radical (unpaired) electrons. The van der Waals surface area contributed by atoms with E-state index in [2.05, 4.69) is 10.2 Å². The molecule has 0 spiro atoms. The highest BCUT2D eigenvalue weighted by Gasteiger charge is 2.18. The van der Waals surface area contributed by atoms with Crippen LogP contribution in [0.3, 0.4) is 0 Å². The van der Waals surface area contributed by atoms with Crippen LogP contribution in [0.2, 0.25) is 0 Å². The number of hydrogen-bond acceptors (Lipinski definition) is 4. The molecule has 8 heteroatoms. The van der Waals surface area contributed by atoms with Crippen LogP contribution in [0.1, 0.15) is 5.56 Å². The first kappa shape index (κ1) is 17.4. The van der Waals surface area contributed by atoms with E-state index in [4.69, 9.17) is 4.42 Å². The Morgan fingerprint density at radius 1 is 0.926 bits per heavy atom. The summed E-state index contributed by atoms with van der Waals surface area (Å²) in [6.07, 6.45) is 1.51. The van der Waals surface area contributed by atoms with E-state index < -0.39 is 11.6 Å². The number of hydrogen-bond donors (Lipinski definition) is 0. The Kier molecular flexibility index (Phi) is 4.72. The summed E-state index contributed by atoms with van der Waals surface area (Å²) in [5.41, 5.74) is 0.836. The molecule has 27 heavy (non-hydrogen) atoms. The Morgan fingerprint density at radius 2 is 1.70 bits per heavy atom. The van der Waals surface area contributed by atoms with Gasteiger partial charge in [0.2, 0.25) is 5.82 Å². The molecule has 0 aliphatic carbocycles.